The summed E-state index contributed by atoms with van der Waals surface area (Å²) in [7, 11) is 1.36. The number of carbonyl (C=O) groups is 4. The summed E-state index contributed by atoms with van der Waals surface area (Å²) in [5, 5.41) is 6.98. The van der Waals surface area contributed by atoms with Gasteiger partial charge in [-0.05, 0) is 18.2 Å². The smallest absolute Gasteiger partial charge is 0.339 e. The number of urea groups is 1. The zero-order valence-electron chi connectivity index (χ0n) is 14.9. The van der Waals surface area contributed by atoms with Crippen molar-refractivity contribution in [3.8, 4) is 5.75 Å². The van der Waals surface area contributed by atoms with Crippen LogP contribution in [0.5, 0.6) is 5.75 Å². The molecule has 0 spiro atoms. The molecule has 1 heterocycles. The topological polar surface area (TPSA) is 123 Å². The number of nitrogens with one attached hydrogen (secondary N) is 3. The highest BCUT2D eigenvalue weighted by atomic mass is 16.5. The molecule has 1 unspecified atom stereocenters. The SMILES string of the molecule is CNC(=O)NC(=O)C(OC(=O)c1ccc2c(c1)OCC(=O)N2)c1ccccc1. The molecule has 1 aliphatic rings. The van der Waals surface area contributed by atoms with E-state index in [-0.39, 0.29) is 18.1 Å². The van der Waals surface area contributed by atoms with Gasteiger partial charge in [-0.1, -0.05) is 30.3 Å². The highest BCUT2D eigenvalue weighted by Gasteiger charge is 2.27. The summed E-state index contributed by atoms with van der Waals surface area (Å²) >= 11 is 0. The molecule has 9 nitrogen and oxygen atoms in total. The summed E-state index contributed by atoms with van der Waals surface area (Å²) in [5.41, 5.74) is 0.965. The van der Waals surface area contributed by atoms with Crippen molar-refractivity contribution >= 4 is 29.5 Å². The van der Waals surface area contributed by atoms with Crippen molar-refractivity contribution < 1.29 is 28.7 Å². The van der Waals surface area contributed by atoms with E-state index < -0.39 is 24.0 Å². The van der Waals surface area contributed by atoms with Gasteiger partial charge in [-0.3, -0.25) is 14.9 Å². The Balaban J connectivity index is 1.82. The molecule has 0 fully saturated rings. The van der Waals surface area contributed by atoms with Gasteiger partial charge in [0.15, 0.2) is 6.61 Å². The molecule has 0 saturated carbocycles. The van der Waals surface area contributed by atoms with Crippen LogP contribution >= 0.6 is 0 Å². The van der Waals surface area contributed by atoms with Crippen LogP contribution in [-0.2, 0) is 14.3 Å². The second-order valence-corrected chi connectivity index (χ2v) is 5.81. The molecule has 28 heavy (non-hydrogen) atoms. The van der Waals surface area contributed by atoms with Gasteiger partial charge < -0.3 is 20.1 Å². The zero-order valence-corrected chi connectivity index (χ0v) is 14.9. The van der Waals surface area contributed by atoms with Crippen molar-refractivity contribution in [3.63, 3.8) is 0 Å². The zero-order chi connectivity index (χ0) is 20.1. The summed E-state index contributed by atoms with van der Waals surface area (Å²) < 4.78 is 10.6. The highest BCUT2D eigenvalue weighted by Crippen LogP contribution is 2.29. The van der Waals surface area contributed by atoms with Crippen molar-refractivity contribution in [2.24, 2.45) is 0 Å². The second-order valence-electron chi connectivity index (χ2n) is 5.81. The van der Waals surface area contributed by atoms with Gasteiger partial charge in [-0.2, -0.15) is 0 Å². The van der Waals surface area contributed by atoms with E-state index in [1.54, 1.807) is 30.3 Å². The fraction of sp³-hybridized carbons (Fsp3) is 0.158. The molecule has 0 bridgehead atoms. The van der Waals surface area contributed by atoms with Gasteiger partial charge >= 0.3 is 12.0 Å². The minimum absolute atomic E-state index is 0.128. The molecule has 0 aliphatic carbocycles. The van der Waals surface area contributed by atoms with E-state index >= 15 is 0 Å². The van der Waals surface area contributed by atoms with Crippen LogP contribution in [0.2, 0.25) is 0 Å². The standard InChI is InChI=1S/C19H17N3O6/c1-20-19(26)22-17(24)16(11-5-3-2-4-6-11)28-18(25)12-7-8-13-14(9-12)27-10-15(23)21-13/h2-9,16H,10H2,1H3,(H,21,23)(H2,20,22,24,26). The van der Waals surface area contributed by atoms with Crippen molar-refractivity contribution in [2.75, 3.05) is 19.0 Å². The van der Waals surface area contributed by atoms with E-state index in [1.165, 1.54) is 25.2 Å². The minimum atomic E-state index is -1.33. The van der Waals surface area contributed by atoms with Crippen molar-refractivity contribution in [3.05, 3.63) is 59.7 Å². The molecule has 9 heteroatoms. The third kappa shape index (κ3) is 4.26. The Kier molecular flexibility index (Phi) is 5.54. The average molecular weight is 383 g/mol. The van der Waals surface area contributed by atoms with Gasteiger partial charge in [0.2, 0.25) is 6.10 Å². The van der Waals surface area contributed by atoms with E-state index in [0.717, 1.165) is 0 Å². The molecular formula is C19H17N3O6. The molecule has 3 N–H and O–H groups in total. The normalized spacial score (nSPS) is 13.2. The van der Waals surface area contributed by atoms with Gasteiger partial charge in [0.05, 0.1) is 11.3 Å². The maximum atomic E-state index is 12.6. The number of ether oxygens (including phenoxy) is 2. The Bertz CT molecular complexity index is 929. The number of esters is 1. The number of imide groups is 1. The monoisotopic (exact) mass is 383 g/mol. The Morgan fingerprint density at radius 1 is 1.14 bits per heavy atom. The molecule has 1 atom stereocenters. The Labute approximate surface area is 160 Å². The molecule has 2 aromatic carbocycles. The van der Waals surface area contributed by atoms with Gasteiger partial charge in [-0.15, -0.1) is 0 Å². The van der Waals surface area contributed by atoms with Crippen LogP contribution in [0.15, 0.2) is 48.5 Å². The summed E-state index contributed by atoms with van der Waals surface area (Å²) in [6, 6.07) is 11.9. The number of anilines is 1. The molecule has 3 rings (SSSR count). The van der Waals surface area contributed by atoms with Crippen LogP contribution < -0.4 is 20.7 Å². The summed E-state index contributed by atoms with van der Waals surface area (Å²) in [6.07, 6.45) is -1.33. The minimum Gasteiger partial charge on any atom is -0.482 e. The molecule has 144 valence electrons. The second kappa shape index (κ2) is 8.21. The molecule has 4 amide bonds. The Morgan fingerprint density at radius 3 is 2.61 bits per heavy atom. The van der Waals surface area contributed by atoms with Crippen LogP contribution in [0.1, 0.15) is 22.0 Å². The highest BCUT2D eigenvalue weighted by molar-refractivity contribution is 6.00. The molecule has 0 saturated heterocycles. The average Bonchev–Trinajstić information content (AvgIpc) is 2.71. The Morgan fingerprint density at radius 2 is 1.89 bits per heavy atom. The first-order chi connectivity index (χ1) is 13.5. The number of hydrogen-bond acceptors (Lipinski definition) is 6. The number of carbonyl (C=O) groups excluding carboxylic acids is 4. The third-order valence-electron chi connectivity index (χ3n) is 3.88. The molecule has 0 radical (unpaired) electrons. The van der Waals surface area contributed by atoms with Crippen molar-refractivity contribution in [1.29, 1.82) is 0 Å². The molecule has 1 aliphatic heterocycles. The fourth-order valence-corrected chi connectivity index (χ4v) is 2.52. The number of fused-ring (bicyclic) bond motifs is 1. The van der Waals surface area contributed by atoms with E-state index in [1.807, 2.05) is 0 Å². The lowest BCUT2D eigenvalue weighted by Gasteiger charge is -2.20. The van der Waals surface area contributed by atoms with E-state index in [0.29, 0.717) is 17.0 Å². The maximum absolute atomic E-state index is 12.6. The predicted molar refractivity (Wildman–Crippen MR) is 97.8 cm³/mol. The predicted octanol–water partition coefficient (Wildman–Crippen LogP) is 1.37. The van der Waals surface area contributed by atoms with Crippen LogP contribution in [0.4, 0.5) is 10.5 Å². The largest absolute Gasteiger partial charge is 0.482 e. The number of hydrogen-bond donors (Lipinski definition) is 3. The van der Waals surface area contributed by atoms with E-state index in [9.17, 15) is 19.2 Å². The first kappa shape index (κ1) is 18.9. The van der Waals surface area contributed by atoms with Crippen LogP contribution in [-0.4, -0.2) is 37.5 Å². The van der Waals surface area contributed by atoms with E-state index in [2.05, 4.69) is 16.0 Å². The number of rotatable bonds is 4. The molecule has 2 aromatic rings. The summed E-state index contributed by atoms with van der Waals surface area (Å²) in [6.45, 7) is -0.160. The first-order valence-corrected chi connectivity index (χ1v) is 8.33. The lowest BCUT2D eigenvalue weighted by Crippen LogP contribution is -2.41. The molecular weight excluding hydrogens is 366 g/mol. The maximum Gasteiger partial charge on any atom is 0.339 e. The van der Waals surface area contributed by atoms with Gasteiger partial charge in [0.1, 0.15) is 5.75 Å². The summed E-state index contributed by atoms with van der Waals surface area (Å²) in [4.78, 5) is 47.8. The Hall–Kier alpha value is -3.88. The summed E-state index contributed by atoms with van der Waals surface area (Å²) in [5.74, 6) is -1.55. The van der Waals surface area contributed by atoms with E-state index in [4.69, 9.17) is 9.47 Å². The lowest BCUT2D eigenvalue weighted by molar-refractivity contribution is -0.129. The van der Waals surface area contributed by atoms with Crippen molar-refractivity contribution in [1.82, 2.24) is 10.6 Å². The first-order valence-electron chi connectivity index (χ1n) is 8.33. The molecule has 0 aromatic heterocycles. The van der Waals surface area contributed by atoms with Crippen LogP contribution in [0, 0.1) is 0 Å². The van der Waals surface area contributed by atoms with Gasteiger partial charge in [-0.25, -0.2) is 9.59 Å². The van der Waals surface area contributed by atoms with Crippen LogP contribution in [0.3, 0.4) is 0 Å². The fourth-order valence-electron chi connectivity index (χ4n) is 2.52. The quantitative estimate of drug-likeness (QED) is 0.686. The third-order valence-corrected chi connectivity index (χ3v) is 3.88. The number of amides is 4. The lowest BCUT2D eigenvalue weighted by atomic mass is 10.1. The van der Waals surface area contributed by atoms with Gasteiger partial charge in [0.25, 0.3) is 11.8 Å². The van der Waals surface area contributed by atoms with Gasteiger partial charge in [0, 0.05) is 12.6 Å². The number of benzene rings is 2. The van der Waals surface area contributed by atoms with Crippen LogP contribution in [0.25, 0.3) is 0 Å². The van der Waals surface area contributed by atoms with Crippen molar-refractivity contribution in [2.45, 2.75) is 6.10 Å².